The van der Waals surface area contributed by atoms with Crippen molar-refractivity contribution < 1.29 is 0 Å². The van der Waals surface area contributed by atoms with Crippen molar-refractivity contribution in [2.45, 2.75) is 43.5 Å². The minimum Gasteiger partial charge on any atom is -0.359 e. The van der Waals surface area contributed by atoms with Crippen LogP contribution in [0.5, 0.6) is 0 Å². The number of thiocarbonyl (C=S) groups is 1. The summed E-state index contributed by atoms with van der Waals surface area (Å²) in [6.07, 6.45) is 7.29. The maximum Gasteiger partial charge on any atom is 0.171 e. The first kappa shape index (κ1) is 14.7. The van der Waals surface area contributed by atoms with Gasteiger partial charge in [0.15, 0.2) is 5.11 Å². The van der Waals surface area contributed by atoms with Gasteiger partial charge in [-0.15, -0.1) is 11.8 Å². The lowest BCUT2D eigenvalue weighted by molar-refractivity contribution is 0.309. The number of hydrogen-bond acceptors (Lipinski definition) is 2. The third-order valence-corrected chi connectivity index (χ3v) is 4.80. The van der Waals surface area contributed by atoms with Gasteiger partial charge >= 0.3 is 0 Å². The molecule has 104 valence electrons. The number of rotatable bonds is 3. The molecule has 0 aromatic heterocycles. The van der Waals surface area contributed by atoms with Crippen LogP contribution in [0.2, 0.25) is 0 Å². The van der Waals surface area contributed by atoms with E-state index in [1.54, 1.807) is 11.8 Å². The van der Waals surface area contributed by atoms with Gasteiger partial charge in [-0.25, -0.2) is 0 Å². The summed E-state index contributed by atoms with van der Waals surface area (Å²) in [5.41, 5.74) is 1.09. The highest BCUT2D eigenvalue weighted by atomic mass is 32.2. The van der Waals surface area contributed by atoms with Crippen molar-refractivity contribution in [2.24, 2.45) is 5.92 Å². The van der Waals surface area contributed by atoms with Gasteiger partial charge in [0.1, 0.15) is 0 Å². The van der Waals surface area contributed by atoms with Crippen molar-refractivity contribution in [1.29, 1.82) is 0 Å². The van der Waals surface area contributed by atoms with E-state index >= 15 is 0 Å². The number of thioether (sulfide) groups is 1. The number of hydrogen-bond donors (Lipinski definition) is 2. The van der Waals surface area contributed by atoms with Crippen LogP contribution in [0.4, 0.5) is 5.69 Å². The Balaban J connectivity index is 1.93. The summed E-state index contributed by atoms with van der Waals surface area (Å²) in [6, 6.07) is 8.79. The SMILES string of the molecule is CSc1ccccc1NC(=S)N[C@H]1CCCC[C@@H]1C. The van der Waals surface area contributed by atoms with Gasteiger partial charge in [0.05, 0.1) is 5.69 Å². The van der Waals surface area contributed by atoms with Crippen molar-refractivity contribution in [3.05, 3.63) is 24.3 Å². The second-order valence-corrected chi connectivity index (χ2v) is 6.42. The molecule has 2 rings (SSSR count). The molecule has 1 aliphatic rings. The zero-order chi connectivity index (χ0) is 13.7. The fraction of sp³-hybridized carbons (Fsp3) is 0.533. The molecule has 0 saturated heterocycles. The van der Waals surface area contributed by atoms with Gasteiger partial charge in [-0.2, -0.15) is 0 Å². The molecule has 1 aliphatic carbocycles. The first-order chi connectivity index (χ1) is 9.20. The number of benzene rings is 1. The van der Waals surface area contributed by atoms with E-state index in [0.717, 1.165) is 10.8 Å². The van der Waals surface area contributed by atoms with Crippen LogP contribution in [0.3, 0.4) is 0 Å². The monoisotopic (exact) mass is 294 g/mol. The van der Waals surface area contributed by atoms with E-state index in [0.29, 0.717) is 12.0 Å². The molecule has 2 atom stereocenters. The maximum absolute atomic E-state index is 5.45. The van der Waals surface area contributed by atoms with Crippen molar-refractivity contribution in [1.82, 2.24) is 5.32 Å². The van der Waals surface area contributed by atoms with Crippen molar-refractivity contribution in [3.63, 3.8) is 0 Å². The highest BCUT2D eigenvalue weighted by Crippen LogP contribution is 2.26. The first-order valence-electron chi connectivity index (χ1n) is 6.91. The third-order valence-electron chi connectivity index (χ3n) is 3.78. The lowest BCUT2D eigenvalue weighted by Crippen LogP contribution is -2.43. The molecule has 0 radical (unpaired) electrons. The molecule has 0 amide bonds. The third kappa shape index (κ3) is 4.11. The van der Waals surface area contributed by atoms with Gasteiger partial charge in [0.25, 0.3) is 0 Å². The number of nitrogens with one attached hydrogen (secondary N) is 2. The maximum atomic E-state index is 5.45. The fourth-order valence-corrected chi connectivity index (χ4v) is 3.42. The zero-order valence-corrected chi connectivity index (χ0v) is 13.2. The Morgan fingerprint density at radius 3 is 2.74 bits per heavy atom. The van der Waals surface area contributed by atoms with Crippen LogP contribution in [0.15, 0.2) is 29.2 Å². The Bertz CT molecular complexity index is 434. The van der Waals surface area contributed by atoms with Gasteiger partial charge < -0.3 is 10.6 Å². The first-order valence-corrected chi connectivity index (χ1v) is 8.54. The van der Waals surface area contributed by atoms with Crippen LogP contribution in [0, 0.1) is 5.92 Å². The van der Waals surface area contributed by atoms with E-state index in [4.69, 9.17) is 12.2 Å². The van der Waals surface area contributed by atoms with Crippen molar-refractivity contribution >= 4 is 34.8 Å². The minimum absolute atomic E-state index is 0.523. The minimum atomic E-state index is 0.523. The predicted octanol–water partition coefficient (Wildman–Crippen LogP) is 4.27. The molecule has 2 nitrogen and oxygen atoms in total. The molecule has 0 unspecified atom stereocenters. The Kier molecular flexibility index (Phi) is 5.52. The Labute approximate surface area is 125 Å². The second kappa shape index (κ2) is 7.15. The lowest BCUT2D eigenvalue weighted by Gasteiger charge is -2.30. The van der Waals surface area contributed by atoms with Gasteiger partial charge in [-0.3, -0.25) is 0 Å². The summed E-state index contributed by atoms with van der Waals surface area (Å²) in [5, 5.41) is 7.56. The van der Waals surface area contributed by atoms with E-state index in [1.807, 2.05) is 6.07 Å². The molecule has 1 saturated carbocycles. The van der Waals surface area contributed by atoms with Crippen LogP contribution in [0.25, 0.3) is 0 Å². The summed E-state index contributed by atoms with van der Waals surface area (Å²) < 4.78 is 0. The van der Waals surface area contributed by atoms with E-state index in [1.165, 1.54) is 30.6 Å². The molecule has 0 bridgehead atoms. The van der Waals surface area contributed by atoms with Gasteiger partial charge in [-0.05, 0) is 49.4 Å². The lowest BCUT2D eigenvalue weighted by atomic mass is 9.86. The summed E-state index contributed by atoms with van der Waals surface area (Å²) in [6.45, 7) is 2.31. The highest BCUT2D eigenvalue weighted by molar-refractivity contribution is 7.98. The molecule has 19 heavy (non-hydrogen) atoms. The molecule has 0 aliphatic heterocycles. The zero-order valence-electron chi connectivity index (χ0n) is 11.6. The van der Waals surface area contributed by atoms with Crippen LogP contribution in [-0.4, -0.2) is 17.4 Å². The summed E-state index contributed by atoms with van der Waals surface area (Å²) in [4.78, 5) is 1.23. The largest absolute Gasteiger partial charge is 0.359 e. The highest BCUT2D eigenvalue weighted by Gasteiger charge is 2.21. The standard InChI is InChI=1S/C15H22N2S2/c1-11-7-3-4-8-12(11)16-15(18)17-13-9-5-6-10-14(13)19-2/h5-6,9-12H,3-4,7-8H2,1-2H3,(H2,16,17,18)/t11-,12-/m0/s1. The van der Waals surface area contributed by atoms with E-state index < -0.39 is 0 Å². The molecule has 1 aromatic rings. The quantitative estimate of drug-likeness (QED) is 0.642. The average molecular weight is 294 g/mol. The van der Waals surface area contributed by atoms with Crippen LogP contribution in [0.1, 0.15) is 32.6 Å². The second-order valence-electron chi connectivity index (χ2n) is 5.17. The average Bonchev–Trinajstić information content (AvgIpc) is 2.42. The smallest absolute Gasteiger partial charge is 0.171 e. The van der Waals surface area contributed by atoms with Gasteiger partial charge in [0, 0.05) is 10.9 Å². The number of para-hydroxylation sites is 1. The molecule has 0 heterocycles. The number of anilines is 1. The molecule has 1 aromatic carbocycles. The molecule has 2 N–H and O–H groups in total. The molecular formula is C15H22N2S2. The fourth-order valence-electron chi connectivity index (χ4n) is 2.61. The Hall–Kier alpha value is -0.740. The van der Waals surface area contributed by atoms with Gasteiger partial charge in [0.2, 0.25) is 0 Å². The molecule has 4 heteroatoms. The Morgan fingerprint density at radius 1 is 1.26 bits per heavy atom. The van der Waals surface area contributed by atoms with Crippen LogP contribution < -0.4 is 10.6 Å². The Morgan fingerprint density at radius 2 is 2.00 bits per heavy atom. The van der Waals surface area contributed by atoms with Gasteiger partial charge in [-0.1, -0.05) is 31.9 Å². The van der Waals surface area contributed by atoms with Crippen molar-refractivity contribution in [3.8, 4) is 0 Å². The predicted molar refractivity (Wildman–Crippen MR) is 89.0 cm³/mol. The van der Waals surface area contributed by atoms with Crippen LogP contribution >= 0.6 is 24.0 Å². The molecule has 0 spiro atoms. The van der Waals surface area contributed by atoms with E-state index in [-0.39, 0.29) is 0 Å². The van der Waals surface area contributed by atoms with Crippen molar-refractivity contribution in [2.75, 3.05) is 11.6 Å². The van der Waals surface area contributed by atoms with E-state index in [2.05, 4.69) is 42.0 Å². The normalized spacial score (nSPS) is 22.8. The summed E-state index contributed by atoms with van der Waals surface area (Å²) >= 11 is 7.18. The molecular weight excluding hydrogens is 272 g/mol. The van der Waals surface area contributed by atoms with Crippen LogP contribution in [-0.2, 0) is 0 Å². The summed E-state index contributed by atoms with van der Waals surface area (Å²) in [7, 11) is 0. The molecule has 1 fully saturated rings. The summed E-state index contributed by atoms with van der Waals surface area (Å²) in [5.74, 6) is 0.712. The van der Waals surface area contributed by atoms with E-state index in [9.17, 15) is 0 Å². The topological polar surface area (TPSA) is 24.1 Å².